The highest BCUT2D eigenvalue weighted by molar-refractivity contribution is 5.20. The molecular weight excluding hydrogens is 190 g/mol. The van der Waals surface area contributed by atoms with Crippen LogP contribution in [0.15, 0.2) is 6.20 Å². The number of hydrogen-bond donors (Lipinski definition) is 1. The molecule has 1 heterocycles. The lowest BCUT2D eigenvalue weighted by Crippen LogP contribution is -2.24. The van der Waals surface area contributed by atoms with Gasteiger partial charge in [-0.3, -0.25) is 0 Å². The summed E-state index contributed by atoms with van der Waals surface area (Å²) in [5.74, 6) is 0.687. The summed E-state index contributed by atoms with van der Waals surface area (Å²) >= 11 is 0. The summed E-state index contributed by atoms with van der Waals surface area (Å²) in [5.41, 5.74) is 7.23. The first kappa shape index (κ1) is 12.1. The largest absolute Gasteiger partial charge is 0.371 e. The molecule has 84 valence electrons. The van der Waals surface area contributed by atoms with Crippen LogP contribution in [0, 0.1) is 6.92 Å². The number of hydrogen-bond acceptors (Lipinski definition) is 4. The number of nitrogens with zero attached hydrogens (tertiary/aromatic N) is 2. The van der Waals surface area contributed by atoms with Gasteiger partial charge >= 0.3 is 0 Å². The zero-order valence-corrected chi connectivity index (χ0v) is 10.0. The third kappa shape index (κ3) is 2.52. The molecule has 1 atom stereocenters. The maximum atomic E-state index is 5.79. The van der Waals surface area contributed by atoms with E-state index < -0.39 is 5.60 Å². The minimum Gasteiger partial charge on any atom is -0.371 e. The Labute approximate surface area is 90.9 Å². The van der Waals surface area contributed by atoms with Gasteiger partial charge in [-0.15, -0.1) is 0 Å². The molecule has 0 saturated carbocycles. The van der Waals surface area contributed by atoms with Crippen LogP contribution in [-0.4, -0.2) is 17.1 Å². The Bertz CT molecular complexity index is 348. The highest BCUT2D eigenvalue weighted by Crippen LogP contribution is 2.21. The maximum absolute atomic E-state index is 5.79. The molecule has 1 aromatic rings. The normalized spacial score (nSPS) is 14.0. The van der Waals surface area contributed by atoms with Crippen LogP contribution in [0.2, 0.25) is 0 Å². The van der Waals surface area contributed by atoms with Gasteiger partial charge in [-0.1, -0.05) is 0 Å². The predicted octanol–water partition coefficient (Wildman–Crippen LogP) is 1.69. The molecule has 0 bridgehead atoms. The van der Waals surface area contributed by atoms with Crippen molar-refractivity contribution in [3.63, 3.8) is 0 Å². The van der Waals surface area contributed by atoms with Gasteiger partial charge in [0.15, 0.2) is 5.82 Å². The molecule has 0 spiro atoms. The van der Waals surface area contributed by atoms with Crippen molar-refractivity contribution in [2.45, 2.75) is 39.3 Å². The van der Waals surface area contributed by atoms with Crippen LogP contribution in [0.25, 0.3) is 0 Å². The zero-order valence-electron chi connectivity index (χ0n) is 10.0. The van der Waals surface area contributed by atoms with E-state index in [4.69, 9.17) is 10.5 Å². The summed E-state index contributed by atoms with van der Waals surface area (Å²) in [4.78, 5) is 8.71. The van der Waals surface area contributed by atoms with E-state index in [2.05, 4.69) is 9.97 Å². The molecule has 15 heavy (non-hydrogen) atoms. The fourth-order valence-electron chi connectivity index (χ4n) is 1.30. The van der Waals surface area contributed by atoms with Crippen molar-refractivity contribution in [3.05, 3.63) is 23.3 Å². The number of nitrogens with two attached hydrogens (primary N) is 1. The van der Waals surface area contributed by atoms with Gasteiger partial charge in [-0.05, 0) is 27.7 Å². The van der Waals surface area contributed by atoms with E-state index in [0.29, 0.717) is 5.82 Å². The number of methoxy groups -OCH3 is 1. The van der Waals surface area contributed by atoms with Crippen molar-refractivity contribution >= 4 is 0 Å². The van der Waals surface area contributed by atoms with Crippen molar-refractivity contribution in [2.75, 3.05) is 7.11 Å². The minimum atomic E-state index is -0.457. The first-order chi connectivity index (χ1) is 6.88. The lowest BCUT2D eigenvalue weighted by Gasteiger charge is -2.22. The van der Waals surface area contributed by atoms with Crippen LogP contribution in [0.3, 0.4) is 0 Å². The molecule has 0 aromatic carbocycles. The van der Waals surface area contributed by atoms with Gasteiger partial charge in [0.25, 0.3) is 0 Å². The topological polar surface area (TPSA) is 61.0 Å². The first-order valence-electron chi connectivity index (χ1n) is 5.03. The van der Waals surface area contributed by atoms with Gasteiger partial charge in [0.05, 0.1) is 0 Å². The lowest BCUT2D eigenvalue weighted by atomic mass is 10.1. The highest BCUT2D eigenvalue weighted by atomic mass is 16.5. The Morgan fingerprint density at radius 2 is 2.07 bits per heavy atom. The highest BCUT2D eigenvalue weighted by Gasteiger charge is 2.23. The fraction of sp³-hybridized carbons (Fsp3) is 0.636. The van der Waals surface area contributed by atoms with Crippen molar-refractivity contribution in [3.8, 4) is 0 Å². The molecule has 0 aliphatic heterocycles. The van der Waals surface area contributed by atoms with Crippen LogP contribution in [0.4, 0.5) is 0 Å². The lowest BCUT2D eigenvalue weighted by molar-refractivity contribution is 0.0112. The summed E-state index contributed by atoms with van der Waals surface area (Å²) in [6.45, 7) is 7.74. The Balaban J connectivity index is 3.12. The van der Waals surface area contributed by atoms with Crippen LogP contribution in [-0.2, 0) is 10.3 Å². The number of rotatable bonds is 3. The number of ether oxygens (including phenoxy) is 1. The average Bonchev–Trinajstić information content (AvgIpc) is 2.17. The van der Waals surface area contributed by atoms with Gasteiger partial charge < -0.3 is 10.5 Å². The summed E-state index contributed by atoms with van der Waals surface area (Å²) in [6.07, 6.45) is 1.78. The van der Waals surface area contributed by atoms with Crippen LogP contribution in [0.5, 0.6) is 0 Å². The second-order valence-corrected chi connectivity index (χ2v) is 4.24. The molecule has 1 rings (SSSR count). The van der Waals surface area contributed by atoms with Gasteiger partial charge in [0, 0.05) is 30.6 Å². The second-order valence-electron chi connectivity index (χ2n) is 4.24. The second kappa shape index (κ2) is 4.24. The van der Waals surface area contributed by atoms with Crippen molar-refractivity contribution in [2.24, 2.45) is 5.73 Å². The molecule has 0 aliphatic rings. The third-order valence-electron chi connectivity index (χ3n) is 2.56. The molecule has 0 amide bonds. The smallest absolute Gasteiger partial charge is 0.159 e. The van der Waals surface area contributed by atoms with E-state index in [0.717, 1.165) is 11.3 Å². The van der Waals surface area contributed by atoms with E-state index in [1.165, 1.54) is 0 Å². The molecule has 0 saturated heterocycles. The monoisotopic (exact) mass is 209 g/mol. The van der Waals surface area contributed by atoms with Gasteiger partial charge in [0.1, 0.15) is 5.60 Å². The maximum Gasteiger partial charge on any atom is 0.159 e. The molecule has 4 nitrogen and oxygen atoms in total. The number of aryl methyl sites for hydroxylation is 1. The van der Waals surface area contributed by atoms with E-state index in [1.807, 2.05) is 27.7 Å². The molecule has 0 aliphatic carbocycles. The molecule has 1 aromatic heterocycles. The zero-order chi connectivity index (χ0) is 11.6. The van der Waals surface area contributed by atoms with Crippen LogP contribution < -0.4 is 5.73 Å². The Morgan fingerprint density at radius 1 is 1.47 bits per heavy atom. The average molecular weight is 209 g/mol. The molecular formula is C11H19N3O. The van der Waals surface area contributed by atoms with Crippen molar-refractivity contribution in [1.82, 2.24) is 9.97 Å². The third-order valence-corrected chi connectivity index (χ3v) is 2.56. The molecule has 2 N–H and O–H groups in total. The Kier molecular flexibility index (Phi) is 3.42. The summed E-state index contributed by atoms with van der Waals surface area (Å²) < 4.78 is 5.32. The van der Waals surface area contributed by atoms with Gasteiger partial charge in [-0.25, -0.2) is 9.97 Å². The van der Waals surface area contributed by atoms with E-state index in [9.17, 15) is 0 Å². The van der Waals surface area contributed by atoms with E-state index >= 15 is 0 Å². The van der Waals surface area contributed by atoms with Gasteiger partial charge in [0.2, 0.25) is 0 Å². The molecule has 4 heteroatoms. The number of aromatic nitrogens is 2. The molecule has 0 radical (unpaired) electrons. The fourth-order valence-corrected chi connectivity index (χ4v) is 1.30. The van der Waals surface area contributed by atoms with Gasteiger partial charge in [-0.2, -0.15) is 0 Å². The SMILES string of the molecule is COC(C)(C)c1ncc([C@@H](C)N)c(C)n1. The summed E-state index contributed by atoms with van der Waals surface area (Å²) in [6, 6.07) is -0.0373. The van der Waals surface area contributed by atoms with Crippen LogP contribution >= 0.6 is 0 Å². The molecule has 0 unspecified atom stereocenters. The molecule has 0 fully saturated rings. The Hall–Kier alpha value is -1.00. The van der Waals surface area contributed by atoms with E-state index in [1.54, 1.807) is 13.3 Å². The van der Waals surface area contributed by atoms with Crippen molar-refractivity contribution in [1.29, 1.82) is 0 Å². The van der Waals surface area contributed by atoms with Crippen LogP contribution in [0.1, 0.15) is 43.9 Å². The predicted molar refractivity (Wildman–Crippen MR) is 59.4 cm³/mol. The standard InChI is InChI=1S/C11H19N3O/c1-7(12)9-6-13-10(14-8(9)2)11(3,4)15-5/h6-7H,12H2,1-5H3/t7-/m1/s1. The first-order valence-corrected chi connectivity index (χ1v) is 5.03. The minimum absolute atomic E-state index is 0.0373. The quantitative estimate of drug-likeness (QED) is 0.822. The van der Waals surface area contributed by atoms with E-state index in [-0.39, 0.29) is 6.04 Å². The summed E-state index contributed by atoms with van der Waals surface area (Å²) in [5, 5.41) is 0. The Morgan fingerprint density at radius 3 is 2.47 bits per heavy atom. The summed E-state index contributed by atoms with van der Waals surface area (Å²) in [7, 11) is 1.65. The van der Waals surface area contributed by atoms with Crippen molar-refractivity contribution < 1.29 is 4.74 Å².